The highest BCUT2D eigenvalue weighted by molar-refractivity contribution is 5.39. The second-order valence-electron chi connectivity index (χ2n) is 4.90. The first-order valence-corrected chi connectivity index (χ1v) is 6.42. The van der Waals surface area contributed by atoms with E-state index < -0.39 is 0 Å². The van der Waals surface area contributed by atoms with Crippen LogP contribution in [-0.2, 0) is 6.54 Å². The van der Waals surface area contributed by atoms with Crippen molar-refractivity contribution in [2.75, 3.05) is 26.8 Å². The van der Waals surface area contributed by atoms with Gasteiger partial charge in [0.05, 0.1) is 7.11 Å². The number of methoxy groups -OCH3 is 1. The van der Waals surface area contributed by atoms with Crippen LogP contribution in [0.15, 0.2) is 18.2 Å². The predicted molar refractivity (Wildman–Crippen MR) is 69.7 cm³/mol. The lowest BCUT2D eigenvalue weighted by Gasteiger charge is -2.31. The Bertz CT molecular complexity index is 387. The summed E-state index contributed by atoms with van der Waals surface area (Å²) >= 11 is 0. The third-order valence-electron chi connectivity index (χ3n) is 3.65. The molecule has 2 N–H and O–H groups in total. The van der Waals surface area contributed by atoms with Crippen LogP contribution in [0, 0.1) is 5.92 Å². The van der Waals surface area contributed by atoms with Crippen LogP contribution in [0.5, 0.6) is 11.5 Å². The number of aliphatic hydroxyl groups excluding tert-OH is 1. The van der Waals surface area contributed by atoms with Gasteiger partial charge in [0, 0.05) is 24.8 Å². The van der Waals surface area contributed by atoms with Gasteiger partial charge < -0.3 is 14.9 Å². The maximum atomic E-state index is 9.90. The molecule has 4 heteroatoms. The second-order valence-corrected chi connectivity index (χ2v) is 4.90. The van der Waals surface area contributed by atoms with E-state index in [1.165, 1.54) is 0 Å². The fourth-order valence-corrected chi connectivity index (χ4v) is 2.37. The molecule has 1 fully saturated rings. The zero-order valence-corrected chi connectivity index (χ0v) is 10.8. The largest absolute Gasteiger partial charge is 0.507 e. The number of phenols is 1. The van der Waals surface area contributed by atoms with Gasteiger partial charge in [-0.3, -0.25) is 4.90 Å². The average molecular weight is 251 g/mol. The monoisotopic (exact) mass is 251 g/mol. The summed E-state index contributed by atoms with van der Waals surface area (Å²) in [7, 11) is 1.59. The third kappa shape index (κ3) is 3.15. The first-order valence-electron chi connectivity index (χ1n) is 6.42. The number of nitrogens with zero attached hydrogens (tertiary/aromatic N) is 1. The van der Waals surface area contributed by atoms with Gasteiger partial charge in [-0.2, -0.15) is 0 Å². The molecule has 0 aliphatic carbocycles. The Balaban J connectivity index is 1.94. The van der Waals surface area contributed by atoms with E-state index in [9.17, 15) is 5.11 Å². The molecule has 18 heavy (non-hydrogen) atoms. The molecular weight excluding hydrogens is 230 g/mol. The highest BCUT2D eigenvalue weighted by atomic mass is 16.5. The van der Waals surface area contributed by atoms with Crippen LogP contribution in [0.3, 0.4) is 0 Å². The van der Waals surface area contributed by atoms with Crippen molar-refractivity contribution in [1.29, 1.82) is 0 Å². The highest BCUT2D eigenvalue weighted by Crippen LogP contribution is 2.26. The Kier molecular flexibility index (Phi) is 4.44. The van der Waals surface area contributed by atoms with Crippen LogP contribution in [0.4, 0.5) is 0 Å². The lowest BCUT2D eigenvalue weighted by Crippen LogP contribution is -2.34. The van der Waals surface area contributed by atoms with Gasteiger partial charge in [-0.05, 0) is 37.9 Å². The molecule has 0 amide bonds. The summed E-state index contributed by atoms with van der Waals surface area (Å²) in [4.78, 5) is 2.31. The molecule has 1 aliphatic heterocycles. The van der Waals surface area contributed by atoms with Gasteiger partial charge in [0.2, 0.25) is 0 Å². The van der Waals surface area contributed by atoms with Crippen molar-refractivity contribution in [1.82, 2.24) is 4.90 Å². The van der Waals surface area contributed by atoms with E-state index in [0.29, 0.717) is 24.0 Å². The Labute approximate surface area is 108 Å². The van der Waals surface area contributed by atoms with Gasteiger partial charge >= 0.3 is 0 Å². The smallest absolute Gasteiger partial charge is 0.123 e. The minimum Gasteiger partial charge on any atom is -0.507 e. The van der Waals surface area contributed by atoms with Crippen LogP contribution < -0.4 is 4.74 Å². The number of likely N-dealkylation sites (tertiary alicyclic amines) is 1. The van der Waals surface area contributed by atoms with Crippen molar-refractivity contribution < 1.29 is 14.9 Å². The standard InChI is InChI=1S/C14H21NO3/c1-18-13-3-2-12(14(17)8-13)9-15-6-4-11(10-16)5-7-15/h2-3,8,11,16-17H,4-7,9-10H2,1H3. The molecule has 0 atom stereocenters. The molecule has 2 rings (SSSR count). The minimum absolute atomic E-state index is 0.290. The Morgan fingerprint density at radius 1 is 1.33 bits per heavy atom. The molecule has 0 radical (unpaired) electrons. The topological polar surface area (TPSA) is 52.9 Å². The molecule has 1 aromatic carbocycles. The summed E-state index contributed by atoms with van der Waals surface area (Å²) in [6.45, 7) is 3.02. The van der Waals surface area contributed by atoms with E-state index >= 15 is 0 Å². The molecule has 0 bridgehead atoms. The van der Waals surface area contributed by atoms with E-state index in [2.05, 4.69) is 4.90 Å². The quantitative estimate of drug-likeness (QED) is 0.853. The van der Waals surface area contributed by atoms with Gasteiger partial charge in [-0.15, -0.1) is 0 Å². The average Bonchev–Trinajstić information content (AvgIpc) is 2.42. The first kappa shape index (κ1) is 13.2. The molecule has 0 unspecified atom stereocenters. The first-order chi connectivity index (χ1) is 8.72. The van der Waals surface area contributed by atoms with Crippen LogP contribution >= 0.6 is 0 Å². The van der Waals surface area contributed by atoms with Crippen molar-refractivity contribution in [3.63, 3.8) is 0 Å². The zero-order chi connectivity index (χ0) is 13.0. The fourth-order valence-electron chi connectivity index (χ4n) is 2.37. The molecule has 0 saturated carbocycles. The summed E-state index contributed by atoms with van der Waals surface area (Å²) in [5, 5.41) is 19.0. The SMILES string of the molecule is COc1ccc(CN2CCC(CO)CC2)c(O)c1. The number of aromatic hydroxyl groups is 1. The molecule has 0 spiro atoms. The van der Waals surface area contributed by atoms with E-state index in [-0.39, 0.29) is 0 Å². The number of ether oxygens (including phenoxy) is 1. The van der Waals surface area contributed by atoms with Crippen molar-refractivity contribution in [2.24, 2.45) is 5.92 Å². The van der Waals surface area contributed by atoms with Gasteiger partial charge in [0.1, 0.15) is 11.5 Å². The predicted octanol–water partition coefficient (Wildman–Crippen LogP) is 1.61. The van der Waals surface area contributed by atoms with E-state index in [4.69, 9.17) is 9.84 Å². The fraction of sp³-hybridized carbons (Fsp3) is 0.571. The minimum atomic E-state index is 0.290. The van der Waals surface area contributed by atoms with E-state index in [1.807, 2.05) is 12.1 Å². The second kappa shape index (κ2) is 6.07. The van der Waals surface area contributed by atoms with Gasteiger partial charge in [-0.1, -0.05) is 6.07 Å². The zero-order valence-electron chi connectivity index (χ0n) is 10.8. The summed E-state index contributed by atoms with van der Waals surface area (Å²) in [6.07, 6.45) is 2.07. The number of phenolic OH excluding ortho intramolecular Hbond substituents is 1. The summed E-state index contributed by atoms with van der Waals surface area (Å²) in [6, 6.07) is 5.43. The molecule has 1 saturated heterocycles. The molecule has 1 heterocycles. The third-order valence-corrected chi connectivity index (χ3v) is 3.65. The number of hydrogen-bond donors (Lipinski definition) is 2. The van der Waals surface area contributed by atoms with Crippen molar-refractivity contribution in [2.45, 2.75) is 19.4 Å². The van der Waals surface area contributed by atoms with Crippen LogP contribution in [0.25, 0.3) is 0 Å². The molecular formula is C14H21NO3. The van der Waals surface area contributed by atoms with Crippen molar-refractivity contribution >= 4 is 0 Å². The lowest BCUT2D eigenvalue weighted by atomic mass is 9.97. The number of piperidine rings is 1. The number of hydrogen-bond acceptors (Lipinski definition) is 4. The number of aliphatic hydroxyl groups is 1. The lowest BCUT2D eigenvalue weighted by molar-refractivity contribution is 0.127. The Morgan fingerprint density at radius 3 is 2.61 bits per heavy atom. The van der Waals surface area contributed by atoms with Crippen LogP contribution in [-0.4, -0.2) is 41.9 Å². The normalized spacial score (nSPS) is 17.9. The van der Waals surface area contributed by atoms with Crippen molar-refractivity contribution in [3.05, 3.63) is 23.8 Å². The van der Waals surface area contributed by atoms with Gasteiger partial charge in [-0.25, -0.2) is 0 Å². The van der Waals surface area contributed by atoms with Crippen LogP contribution in [0.1, 0.15) is 18.4 Å². The number of rotatable bonds is 4. The maximum absolute atomic E-state index is 9.90. The summed E-state index contributed by atoms with van der Waals surface area (Å²) < 4.78 is 5.07. The maximum Gasteiger partial charge on any atom is 0.123 e. The Hall–Kier alpha value is -1.26. The van der Waals surface area contributed by atoms with E-state index in [1.54, 1.807) is 13.2 Å². The van der Waals surface area contributed by atoms with Gasteiger partial charge in [0.25, 0.3) is 0 Å². The molecule has 100 valence electrons. The van der Waals surface area contributed by atoms with Crippen LogP contribution in [0.2, 0.25) is 0 Å². The van der Waals surface area contributed by atoms with Crippen molar-refractivity contribution in [3.8, 4) is 11.5 Å². The number of benzene rings is 1. The summed E-state index contributed by atoms with van der Waals surface area (Å²) in [5.74, 6) is 1.42. The van der Waals surface area contributed by atoms with E-state index in [0.717, 1.165) is 38.0 Å². The molecule has 4 nitrogen and oxygen atoms in total. The highest BCUT2D eigenvalue weighted by Gasteiger charge is 2.19. The molecule has 1 aromatic rings. The molecule has 1 aliphatic rings. The Morgan fingerprint density at radius 2 is 2.06 bits per heavy atom. The summed E-state index contributed by atoms with van der Waals surface area (Å²) in [5.41, 5.74) is 0.929. The molecule has 0 aromatic heterocycles. The van der Waals surface area contributed by atoms with Gasteiger partial charge in [0.15, 0.2) is 0 Å².